The number of carbonyl (C=O) groups excluding carboxylic acids is 1. The Morgan fingerprint density at radius 2 is 2.35 bits per heavy atom. The van der Waals surface area contributed by atoms with Gasteiger partial charge in [-0.25, -0.2) is 0 Å². The Labute approximate surface area is 126 Å². The monoisotopic (exact) mass is 310 g/mol. The smallest absolute Gasteiger partial charge is 0.312 e. The van der Waals surface area contributed by atoms with E-state index in [1.165, 1.54) is 7.11 Å². The lowest BCUT2D eigenvalue weighted by Gasteiger charge is -2.12. The molecule has 0 radical (unpaired) electrons. The molecule has 0 aliphatic carbocycles. The molecule has 1 aliphatic heterocycles. The molecule has 1 aromatic carbocycles. The van der Waals surface area contributed by atoms with E-state index in [1.54, 1.807) is 11.8 Å². The zero-order valence-corrected chi connectivity index (χ0v) is 13.6. The van der Waals surface area contributed by atoms with E-state index in [1.807, 2.05) is 31.2 Å². The van der Waals surface area contributed by atoms with Crippen molar-refractivity contribution in [2.24, 2.45) is 0 Å². The van der Waals surface area contributed by atoms with Crippen LogP contribution in [0.5, 0.6) is 0 Å². The first-order valence-corrected chi connectivity index (χ1v) is 8.09. The molecule has 0 bridgehead atoms. The number of esters is 1. The second-order valence-electron chi connectivity index (χ2n) is 4.83. The highest BCUT2D eigenvalue weighted by atomic mass is 32.2. The van der Waals surface area contributed by atoms with E-state index in [-0.39, 0.29) is 18.0 Å². The van der Waals surface area contributed by atoms with E-state index in [9.17, 15) is 9.90 Å². The predicted molar refractivity (Wildman–Crippen MR) is 87.3 cm³/mol. The molecule has 5 heteroatoms. The maximum Gasteiger partial charge on any atom is 0.312 e. The number of rotatable bonds is 3. The first-order valence-electron chi connectivity index (χ1n) is 6.52. The Balaban J connectivity index is 2.24. The molecule has 1 N–H and O–H groups in total. The lowest BCUT2D eigenvalue weighted by Crippen LogP contribution is -2.12. The maximum absolute atomic E-state index is 11.6. The van der Waals surface area contributed by atoms with Crippen molar-refractivity contribution in [3.63, 3.8) is 0 Å². The standard InChI is InChI=1S/C15H19O3PS/c1-9(15(17)18-2)10-3-4-11(13(19)7-10)8-14-12(16)5-6-20-14/h3-4,7-9,12,16H,5-6,19H2,1-2H3/b14-8-. The fraction of sp³-hybridized carbons (Fsp3) is 0.400. The Kier molecular flexibility index (Phi) is 5.25. The first-order chi connectivity index (χ1) is 9.52. The van der Waals surface area contributed by atoms with Crippen molar-refractivity contribution in [2.45, 2.75) is 25.4 Å². The fourth-order valence-electron chi connectivity index (χ4n) is 2.12. The van der Waals surface area contributed by atoms with Crippen LogP contribution in [-0.2, 0) is 9.53 Å². The third-order valence-corrected chi connectivity index (χ3v) is 5.11. The minimum Gasteiger partial charge on any atom is -0.469 e. The zero-order valence-electron chi connectivity index (χ0n) is 11.6. The van der Waals surface area contributed by atoms with Gasteiger partial charge in [0.15, 0.2) is 0 Å². The molecule has 1 fully saturated rings. The van der Waals surface area contributed by atoms with Gasteiger partial charge in [-0.1, -0.05) is 18.2 Å². The van der Waals surface area contributed by atoms with Gasteiger partial charge in [0, 0.05) is 10.7 Å². The third kappa shape index (κ3) is 3.43. The second kappa shape index (κ2) is 6.75. The molecule has 0 aromatic heterocycles. The van der Waals surface area contributed by atoms with Gasteiger partial charge in [0.1, 0.15) is 0 Å². The topological polar surface area (TPSA) is 46.5 Å². The Morgan fingerprint density at radius 1 is 1.60 bits per heavy atom. The van der Waals surface area contributed by atoms with Crippen LogP contribution >= 0.6 is 21.0 Å². The summed E-state index contributed by atoms with van der Waals surface area (Å²) in [7, 11) is 4.09. The summed E-state index contributed by atoms with van der Waals surface area (Å²) in [6.07, 6.45) is 2.51. The number of aliphatic hydroxyl groups excluding tert-OH is 1. The Hall–Kier alpha value is -0.830. The lowest BCUT2D eigenvalue weighted by molar-refractivity contribution is -0.141. The third-order valence-electron chi connectivity index (χ3n) is 3.45. The highest BCUT2D eigenvalue weighted by molar-refractivity contribution is 8.03. The van der Waals surface area contributed by atoms with E-state index in [4.69, 9.17) is 4.74 Å². The van der Waals surface area contributed by atoms with Crippen LogP contribution in [0.25, 0.3) is 6.08 Å². The zero-order chi connectivity index (χ0) is 14.7. The van der Waals surface area contributed by atoms with E-state index in [0.717, 1.165) is 33.5 Å². The average molecular weight is 310 g/mol. The van der Waals surface area contributed by atoms with Crippen molar-refractivity contribution in [3.8, 4) is 0 Å². The van der Waals surface area contributed by atoms with Gasteiger partial charge in [-0.2, -0.15) is 0 Å². The Bertz CT molecular complexity index is 542. The van der Waals surface area contributed by atoms with E-state index < -0.39 is 0 Å². The van der Waals surface area contributed by atoms with Gasteiger partial charge in [-0.15, -0.1) is 21.0 Å². The van der Waals surface area contributed by atoms with Crippen LogP contribution in [0.3, 0.4) is 0 Å². The SMILES string of the molecule is COC(=O)C(C)c1ccc(/C=C2\SCCC2O)c(P)c1. The summed E-state index contributed by atoms with van der Waals surface area (Å²) in [5.74, 6) is 0.464. The number of aliphatic hydroxyl groups is 1. The van der Waals surface area contributed by atoms with Crippen molar-refractivity contribution in [1.82, 2.24) is 0 Å². The van der Waals surface area contributed by atoms with Crippen molar-refractivity contribution < 1.29 is 14.6 Å². The van der Waals surface area contributed by atoms with Crippen LogP contribution in [0.2, 0.25) is 0 Å². The largest absolute Gasteiger partial charge is 0.469 e. The predicted octanol–water partition coefficient (Wildman–Crippen LogP) is 2.30. The molecule has 108 valence electrons. The van der Waals surface area contributed by atoms with Crippen molar-refractivity contribution in [3.05, 3.63) is 34.2 Å². The van der Waals surface area contributed by atoms with E-state index >= 15 is 0 Å². The molecule has 1 aliphatic rings. The van der Waals surface area contributed by atoms with Crippen LogP contribution in [0, 0.1) is 0 Å². The molecule has 3 nitrogen and oxygen atoms in total. The minimum atomic E-state index is -0.335. The molecule has 3 atom stereocenters. The minimum absolute atomic E-state index is 0.234. The molecule has 0 spiro atoms. The summed E-state index contributed by atoms with van der Waals surface area (Å²) >= 11 is 1.70. The van der Waals surface area contributed by atoms with Crippen LogP contribution < -0.4 is 5.30 Å². The maximum atomic E-state index is 11.6. The molecule has 0 saturated carbocycles. The van der Waals surface area contributed by atoms with Crippen LogP contribution in [0.15, 0.2) is 23.1 Å². The van der Waals surface area contributed by atoms with E-state index in [2.05, 4.69) is 9.24 Å². The first kappa shape index (κ1) is 15.6. The molecule has 3 unspecified atom stereocenters. The number of carbonyl (C=O) groups is 1. The number of benzene rings is 1. The number of methoxy groups -OCH3 is 1. The molecule has 1 heterocycles. The molecule has 1 saturated heterocycles. The quantitative estimate of drug-likeness (QED) is 0.687. The van der Waals surface area contributed by atoms with E-state index in [0.29, 0.717) is 0 Å². The highest BCUT2D eigenvalue weighted by Gasteiger charge is 2.19. The molecule has 0 amide bonds. The number of hydrogen-bond donors (Lipinski definition) is 1. The highest BCUT2D eigenvalue weighted by Crippen LogP contribution is 2.32. The summed E-state index contributed by atoms with van der Waals surface area (Å²) in [6.45, 7) is 1.83. The summed E-state index contributed by atoms with van der Waals surface area (Å²) in [5, 5.41) is 10.9. The van der Waals surface area contributed by atoms with Crippen LogP contribution in [-0.4, -0.2) is 30.0 Å². The fourth-order valence-corrected chi connectivity index (χ4v) is 3.59. The van der Waals surface area contributed by atoms with Crippen molar-refractivity contribution in [2.75, 3.05) is 12.9 Å². The van der Waals surface area contributed by atoms with Gasteiger partial charge in [-0.3, -0.25) is 4.79 Å². The second-order valence-corrected chi connectivity index (χ2v) is 6.62. The van der Waals surface area contributed by atoms with Gasteiger partial charge in [0.25, 0.3) is 0 Å². The van der Waals surface area contributed by atoms with Gasteiger partial charge in [-0.05, 0) is 35.9 Å². The van der Waals surface area contributed by atoms with Gasteiger partial charge in [0.05, 0.1) is 19.1 Å². The molecule has 20 heavy (non-hydrogen) atoms. The molecule has 2 rings (SSSR count). The summed E-state index contributed by atoms with van der Waals surface area (Å²) in [4.78, 5) is 12.6. The number of thioether (sulfide) groups is 1. The van der Waals surface area contributed by atoms with Crippen LogP contribution in [0.1, 0.15) is 30.4 Å². The molecular formula is C15H19O3PS. The lowest BCUT2D eigenvalue weighted by atomic mass is 9.99. The van der Waals surface area contributed by atoms with Crippen molar-refractivity contribution >= 4 is 38.4 Å². The van der Waals surface area contributed by atoms with Gasteiger partial charge < -0.3 is 9.84 Å². The number of ether oxygens (including phenoxy) is 1. The Morgan fingerprint density at radius 3 is 2.90 bits per heavy atom. The summed E-state index contributed by atoms with van der Waals surface area (Å²) < 4.78 is 4.76. The average Bonchev–Trinajstić information content (AvgIpc) is 2.84. The summed E-state index contributed by atoms with van der Waals surface area (Å²) in [5.41, 5.74) is 1.99. The van der Waals surface area contributed by atoms with Gasteiger partial charge in [0.2, 0.25) is 0 Å². The number of hydrogen-bond acceptors (Lipinski definition) is 4. The van der Waals surface area contributed by atoms with Gasteiger partial charge >= 0.3 is 5.97 Å². The molecule has 1 aromatic rings. The summed E-state index contributed by atoms with van der Waals surface area (Å²) in [6, 6.07) is 5.90. The molecular weight excluding hydrogens is 291 g/mol. The van der Waals surface area contributed by atoms with Crippen LogP contribution in [0.4, 0.5) is 0 Å². The normalized spacial score (nSPS) is 22.0. The van der Waals surface area contributed by atoms with Crippen molar-refractivity contribution in [1.29, 1.82) is 0 Å².